The third-order valence-corrected chi connectivity index (χ3v) is 6.56. The van der Waals surface area contributed by atoms with Crippen LogP contribution in [-0.4, -0.2) is 39.4 Å². The molecule has 2 aromatic carbocycles. The fraction of sp³-hybridized carbons (Fsp3) is 0.393. The molecular formula is C28H35N3O5. The summed E-state index contributed by atoms with van der Waals surface area (Å²) in [6.07, 6.45) is 0.0982. The zero-order chi connectivity index (χ0) is 26.6. The number of methoxy groups -OCH3 is 1. The van der Waals surface area contributed by atoms with Crippen LogP contribution in [0.2, 0.25) is 0 Å². The molecule has 0 atom stereocenters. The van der Waals surface area contributed by atoms with E-state index in [-0.39, 0.29) is 31.2 Å². The van der Waals surface area contributed by atoms with Gasteiger partial charge in [0.25, 0.3) is 0 Å². The van der Waals surface area contributed by atoms with E-state index >= 15 is 0 Å². The van der Waals surface area contributed by atoms with Crippen molar-refractivity contribution in [2.24, 2.45) is 7.05 Å². The number of rotatable bonds is 7. The lowest BCUT2D eigenvalue weighted by Gasteiger charge is -2.13. The Morgan fingerprint density at radius 2 is 1.61 bits per heavy atom. The number of hydrogen-bond acceptors (Lipinski definition) is 5. The van der Waals surface area contributed by atoms with Crippen LogP contribution >= 0.6 is 0 Å². The number of hydrogen-bond donors (Lipinski definition) is 0. The fourth-order valence-electron chi connectivity index (χ4n) is 4.63. The average molecular weight is 494 g/mol. The van der Waals surface area contributed by atoms with Crippen molar-refractivity contribution in [1.29, 1.82) is 0 Å². The molecule has 0 radical (unpaired) electrons. The molecule has 0 bridgehead atoms. The number of carbonyl (C=O) groups is 2. The summed E-state index contributed by atoms with van der Waals surface area (Å²) in [5.41, 5.74) is 5.45. The van der Waals surface area contributed by atoms with E-state index in [2.05, 4.69) is 4.57 Å². The Labute approximate surface area is 211 Å². The molecule has 0 N–H and O–H groups in total. The van der Waals surface area contributed by atoms with Gasteiger partial charge >= 0.3 is 17.6 Å². The van der Waals surface area contributed by atoms with Crippen LogP contribution in [0.25, 0.3) is 21.9 Å². The zero-order valence-electron chi connectivity index (χ0n) is 22.2. The van der Waals surface area contributed by atoms with E-state index in [0.717, 1.165) is 38.8 Å². The molecule has 0 fully saturated rings. The summed E-state index contributed by atoms with van der Waals surface area (Å²) in [5, 5.41) is 1.03. The molecule has 0 saturated heterocycles. The SMILES string of the molecule is CC.CCOC(=O)CCn1c(=O)n(Cc2c(C(=O)OC)ccc3c(C)c(C)n(C)c23)c2ccccc21. The molecule has 4 aromatic rings. The predicted molar refractivity (Wildman–Crippen MR) is 142 cm³/mol. The van der Waals surface area contributed by atoms with Crippen LogP contribution in [-0.2, 0) is 34.4 Å². The maximum Gasteiger partial charge on any atom is 0.338 e. The van der Waals surface area contributed by atoms with Crippen molar-refractivity contribution in [2.75, 3.05) is 13.7 Å². The normalized spacial score (nSPS) is 10.9. The highest BCUT2D eigenvalue weighted by Crippen LogP contribution is 2.31. The Morgan fingerprint density at radius 3 is 2.22 bits per heavy atom. The van der Waals surface area contributed by atoms with Gasteiger partial charge in [0.2, 0.25) is 0 Å². The van der Waals surface area contributed by atoms with Gasteiger partial charge in [-0.3, -0.25) is 13.9 Å². The first-order chi connectivity index (χ1) is 17.3. The van der Waals surface area contributed by atoms with E-state index < -0.39 is 5.97 Å². The van der Waals surface area contributed by atoms with Crippen molar-refractivity contribution in [2.45, 2.75) is 54.1 Å². The van der Waals surface area contributed by atoms with Gasteiger partial charge in [-0.25, -0.2) is 9.59 Å². The third-order valence-electron chi connectivity index (χ3n) is 6.56. The summed E-state index contributed by atoms with van der Waals surface area (Å²) in [5.74, 6) is -0.800. The van der Waals surface area contributed by atoms with E-state index in [1.54, 1.807) is 22.1 Å². The van der Waals surface area contributed by atoms with E-state index in [1.165, 1.54) is 7.11 Å². The van der Waals surface area contributed by atoms with Gasteiger partial charge in [0.1, 0.15) is 0 Å². The number of imidazole rings is 1. The Balaban J connectivity index is 0.00000176. The van der Waals surface area contributed by atoms with E-state index in [4.69, 9.17) is 9.47 Å². The molecule has 8 heteroatoms. The lowest BCUT2D eigenvalue weighted by atomic mass is 10.0. The largest absolute Gasteiger partial charge is 0.466 e. The quantitative estimate of drug-likeness (QED) is 0.348. The highest BCUT2D eigenvalue weighted by Gasteiger charge is 2.22. The Hall–Kier alpha value is -3.81. The minimum Gasteiger partial charge on any atom is -0.466 e. The molecule has 4 rings (SSSR count). The van der Waals surface area contributed by atoms with Crippen LogP contribution < -0.4 is 5.69 Å². The van der Waals surface area contributed by atoms with Crippen LogP contribution in [0.1, 0.15) is 54.4 Å². The average Bonchev–Trinajstić information content (AvgIpc) is 3.29. The molecule has 192 valence electrons. The lowest BCUT2D eigenvalue weighted by Crippen LogP contribution is -2.26. The maximum atomic E-state index is 13.6. The van der Waals surface area contributed by atoms with Crippen LogP contribution in [0.15, 0.2) is 41.2 Å². The monoisotopic (exact) mass is 493 g/mol. The van der Waals surface area contributed by atoms with Crippen LogP contribution in [0.4, 0.5) is 0 Å². The van der Waals surface area contributed by atoms with Crippen LogP contribution in [0.5, 0.6) is 0 Å². The second kappa shape index (κ2) is 11.3. The molecule has 0 amide bonds. The minimum absolute atomic E-state index is 0.0982. The van der Waals surface area contributed by atoms with Crippen LogP contribution in [0.3, 0.4) is 0 Å². The zero-order valence-corrected chi connectivity index (χ0v) is 22.2. The predicted octanol–water partition coefficient (Wildman–Crippen LogP) is 4.73. The minimum atomic E-state index is -0.451. The van der Waals surface area contributed by atoms with Crippen LogP contribution in [0, 0.1) is 13.8 Å². The standard InChI is InChI=1S/C26H29N3O5.C2H6/c1-6-34-23(30)13-14-28-21-9-7-8-10-22(21)29(26(28)32)15-20-19(25(31)33-5)12-11-18-16(2)17(3)27(4)24(18)20;1-2/h7-12H,6,13-15H2,1-5H3;1-2H3. The number of nitrogens with zero attached hydrogens (tertiary/aromatic N) is 3. The number of para-hydroxylation sites is 2. The first-order valence-electron chi connectivity index (χ1n) is 12.3. The van der Waals surface area contributed by atoms with Gasteiger partial charge in [-0.15, -0.1) is 0 Å². The van der Waals surface area contributed by atoms with Crippen molar-refractivity contribution >= 4 is 33.9 Å². The maximum absolute atomic E-state index is 13.6. The molecule has 36 heavy (non-hydrogen) atoms. The van der Waals surface area contributed by atoms with Crippen molar-refractivity contribution in [3.05, 3.63) is 69.3 Å². The second-order valence-electron chi connectivity index (χ2n) is 8.31. The molecule has 0 unspecified atom stereocenters. The van der Waals surface area contributed by atoms with Gasteiger partial charge in [0, 0.05) is 30.2 Å². The van der Waals surface area contributed by atoms with Gasteiger partial charge in [0.05, 0.1) is 48.8 Å². The van der Waals surface area contributed by atoms with Crippen molar-refractivity contribution in [3.8, 4) is 0 Å². The summed E-state index contributed by atoms with van der Waals surface area (Å²) >= 11 is 0. The number of benzene rings is 2. The highest BCUT2D eigenvalue weighted by atomic mass is 16.5. The molecule has 0 saturated carbocycles. The van der Waals surface area contributed by atoms with Crippen molar-refractivity contribution < 1.29 is 19.1 Å². The Morgan fingerprint density at radius 1 is 0.972 bits per heavy atom. The van der Waals surface area contributed by atoms with Crippen molar-refractivity contribution in [1.82, 2.24) is 13.7 Å². The van der Waals surface area contributed by atoms with Gasteiger partial charge < -0.3 is 14.0 Å². The lowest BCUT2D eigenvalue weighted by molar-refractivity contribution is -0.143. The summed E-state index contributed by atoms with van der Waals surface area (Å²) < 4.78 is 15.4. The summed E-state index contributed by atoms with van der Waals surface area (Å²) in [6.45, 7) is 10.5. The van der Waals surface area contributed by atoms with Gasteiger partial charge in [-0.05, 0) is 44.5 Å². The molecular weight excluding hydrogens is 458 g/mol. The Kier molecular flexibility index (Phi) is 8.40. The molecule has 0 aliphatic carbocycles. The van der Waals surface area contributed by atoms with E-state index in [1.807, 2.05) is 65.1 Å². The molecule has 0 aliphatic heterocycles. The second-order valence-corrected chi connectivity index (χ2v) is 8.31. The number of carbonyl (C=O) groups excluding carboxylic acids is 2. The Bertz CT molecular complexity index is 1470. The van der Waals surface area contributed by atoms with Gasteiger partial charge in [-0.1, -0.05) is 32.0 Å². The molecule has 0 aliphatic rings. The third kappa shape index (κ3) is 4.67. The summed E-state index contributed by atoms with van der Waals surface area (Å²) in [4.78, 5) is 38.2. The number of esters is 2. The fourth-order valence-corrected chi connectivity index (χ4v) is 4.63. The number of aryl methyl sites for hydroxylation is 3. The summed E-state index contributed by atoms with van der Waals surface area (Å²) in [7, 11) is 3.31. The van der Waals surface area contributed by atoms with E-state index in [9.17, 15) is 14.4 Å². The first kappa shape index (κ1) is 26.8. The molecule has 2 aromatic heterocycles. The molecule has 0 spiro atoms. The summed E-state index contributed by atoms with van der Waals surface area (Å²) in [6, 6.07) is 11.2. The van der Waals surface area contributed by atoms with Gasteiger partial charge in [-0.2, -0.15) is 0 Å². The topological polar surface area (TPSA) is 84.5 Å². The number of fused-ring (bicyclic) bond motifs is 2. The smallest absolute Gasteiger partial charge is 0.338 e. The number of aromatic nitrogens is 3. The van der Waals surface area contributed by atoms with Crippen molar-refractivity contribution in [3.63, 3.8) is 0 Å². The molecule has 8 nitrogen and oxygen atoms in total. The highest BCUT2D eigenvalue weighted by molar-refractivity contribution is 5.99. The number of ether oxygens (including phenoxy) is 2. The van der Waals surface area contributed by atoms with Gasteiger partial charge in [0.15, 0.2) is 0 Å². The van der Waals surface area contributed by atoms with E-state index in [0.29, 0.717) is 12.2 Å². The molecule has 2 heterocycles. The first-order valence-corrected chi connectivity index (χ1v) is 12.3.